The van der Waals surface area contributed by atoms with Crippen LogP contribution >= 0.6 is 0 Å². The third-order valence-electron chi connectivity index (χ3n) is 6.00. The summed E-state index contributed by atoms with van der Waals surface area (Å²) >= 11 is 0. The average molecular weight is 507 g/mol. The van der Waals surface area contributed by atoms with Gasteiger partial charge in [-0.25, -0.2) is 0 Å². The number of Topliss-reactive ketones (excluding diaryl/α,β-unsaturated/α-hetero) is 1. The van der Waals surface area contributed by atoms with Crippen LogP contribution in [0.2, 0.25) is 0 Å². The van der Waals surface area contributed by atoms with E-state index in [0.29, 0.717) is 0 Å². The van der Waals surface area contributed by atoms with Gasteiger partial charge in [0.05, 0.1) is 24.8 Å². The predicted molar refractivity (Wildman–Crippen MR) is 120 cm³/mol. The molecule has 2 unspecified atom stereocenters. The molecule has 14 nitrogen and oxygen atoms in total. The SMILES string of the molecule is CC(=O)C(C[C@@H](C(N)=O)N(CC(C)O[C@@H]1[C@@H](N)[C@@H](O)O[C@H](CO)[C@H]1O)C(=O)[C@@H](N)C(C)C)C(=O)O. The van der Waals surface area contributed by atoms with Crippen molar-refractivity contribution in [3.8, 4) is 0 Å². The first-order valence-corrected chi connectivity index (χ1v) is 11.3. The van der Waals surface area contributed by atoms with E-state index in [1.54, 1.807) is 13.8 Å². The van der Waals surface area contributed by atoms with E-state index < -0.39 is 91.3 Å². The molecule has 0 radical (unpaired) electrons. The van der Waals surface area contributed by atoms with E-state index >= 15 is 0 Å². The van der Waals surface area contributed by atoms with Crippen LogP contribution in [0.1, 0.15) is 34.1 Å². The van der Waals surface area contributed by atoms with Gasteiger partial charge >= 0.3 is 5.97 Å². The number of ketones is 1. The summed E-state index contributed by atoms with van der Waals surface area (Å²) in [5.74, 6) is -5.93. The first kappa shape index (κ1) is 30.8. The highest BCUT2D eigenvalue weighted by atomic mass is 16.6. The molecule has 0 aliphatic carbocycles. The number of carbonyl (C=O) groups is 4. The maximum Gasteiger partial charge on any atom is 0.314 e. The van der Waals surface area contributed by atoms with Crippen LogP contribution in [0.5, 0.6) is 0 Å². The Hall–Kier alpha value is -2.20. The van der Waals surface area contributed by atoms with Gasteiger partial charge in [-0.3, -0.25) is 19.2 Å². The van der Waals surface area contributed by atoms with Crippen molar-refractivity contribution in [3.05, 3.63) is 0 Å². The smallest absolute Gasteiger partial charge is 0.314 e. The molecule has 0 aromatic carbocycles. The van der Waals surface area contributed by atoms with Gasteiger partial charge in [0.2, 0.25) is 11.8 Å². The van der Waals surface area contributed by atoms with Crippen LogP contribution < -0.4 is 17.2 Å². The van der Waals surface area contributed by atoms with Gasteiger partial charge in [-0.05, 0) is 26.2 Å². The molecule has 0 aromatic heterocycles. The Labute approximate surface area is 203 Å². The number of carbonyl (C=O) groups excluding carboxylic acids is 3. The van der Waals surface area contributed by atoms with Crippen molar-refractivity contribution in [3.63, 3.8) is 0 Å². The number of hydrogen-bond acceptors (Lipinski definition) is 11. The maximum atomic E-state index is 13.2. The van der Waals surface area contributed by atoms with E-state index in [2.05, 4.69) is 0 Å². The van der Waals surface area contributed by atoms with Crippen molar-refractivity contribution in [1.82, 2.24) is 4.90 Å². The Kier molecular flexibility index (Phi) is 11.6. The Morgan fingerprint density at radius 2 is 1.71 bits per heavy atom. The minimum atomic E-state index is -1.60. The lowest BCUT2D eigenvalue weighted by Gasteiger charge is -2.42. The Bertz CT molecular complexity index is 752. The van der Waals surface area contributed by atoms with Crippen molar-refractivity contribution in [2.75, 3.05) is 13.2 Å². The summed E-state index contributed by atoms with van der Waals surface area (Å²) in [6, 6.07) is -3.80. The maximum absolute atomic E-state index is 13.2. The molecular weight excluding hydrogens is 468 g/mol. The molecule has 14 heteroatoms. The molecular formula is C21H38N4O10. The quantitative estimate of drug-likeness (QED) is 0.120. The van der Waals surface area contributed by atoms with E-state index in [-0.39, 0.29) is 12.5 Å². The summed E-state index contributed by atoms with van der Waals surface area (Å²) in [5, 5.41) is 39.2. The van der Waals surface area contributed by atoms with E-state index in [1.165, 1.54) is 6.92 Å². The molecule has 1 aliphatic rings. The molecule has 0 saturated carbocycles. The number of amides is 2. The van der Waals surface area contributed by atoms with Crippen molar-refractivity contribution in [1.29, 1.82) is 0 Å². The van der Waals surface area contributed by atoms with Gasteiger partial charge in [0.25, 0.3) is 0 Å². The van der Waals surface area contributed by atoms with E-state index in [9.17, 15) is 39.6 Å². The van der Waals surface area contributed by atoms with Crippen molar-refractivity contribution in [2.24, 2.45) is 29.0 Å². The molecule has 9 atom stereocenters. The Balaban J connectivity index is 3.26. The van der Waals surface area contributed by atoms with Crippen molar-refractivity contribution in [2.45, 2.75) is 82.9 Å². The highest BCUT2D eigenvalue weighted by molar-refractivity contribution is 5.98. The molecule has 0 aromatic rings. The number of nitrogens with two attached hydrogens (primary N) is 3. The molecule has 0 bridgehead atoms. The summed E-state index contributed by atoms with van der Waals surface area (Å²) in [5.41, 5.74) is 17.4. The predicted octanol–water partition coefficient (Wildman–Crippen LogP) is -3.50. The summed E-state index contributed by atoms with van der Waals surface area (Å²) in [7, 11) is 0. The molecule has 1 fully saturated rings. The number of primary amides is 1. The van der Waals surface area contributed by atoms with Gasteiger partial charge in [-0.2, -0.15) is 0 Å². The van der Waals surface area contributed by atoms with E-state index in [1.807, 2.05) is 0 Å². The fourth-order valence-electron chi connectivity index (χ4n) is 3.77. The highest BCUT2D eigenvalue weighted by Crippen LogP contribution is 2.24. The number of aliphatic carboxylic acids is 1. The summed E-state index contributed by atoms with van der Waals surface area (Å²) in [6.07, 6.45) is -6.91. The lowest BCUT2D eigenvalue weighted by Crippen LogP contribution is -2.64. The van der Waals surface area contributed by atoms with Crippen LogP contribution in [0.3, 0.4) is 0 Å². The number of aliphatic hydroxyl groups excluding tert-OH is 3. The summed E-state index contributed by atoms with van der Waals surface area (Å²) < 4.78 is 10.8. The van der Waals surface area contributed by atoms with Crippen LogP contribution in [0.25, 0.3) is 0 Å². The second-order valence-electron chi connectivity index (χ2n) is 9.14. The molecule has 202 valence electrons. The minimum Gasteiger partial charge on any atom is -0.481 e. The van der Waals surface area contributed by atoms with Gasteiger partial charge in [-0.15, -0.1) is 0 Å². The molecule has 35 heavy (non-hydrogen) atoms. The Morgan fingerprint density at radius 3 is 2.14 bits per heavy atom. The van der Waals surface area contributed by atoms with E-state index in [0.717, 1.165) is 11.8 Å². The Morgan fingerprint density at radius 1 is 1.14 bits per heavy atom. The van der Waals surface area contributed by atoms with Crippen LogP contribution in [0.15, 0.2) is 0 Å². The second-order valence-corrected chi connectivity index (χ2v) is 9.14. The van der Waals surface area contributed by atoms with Gasteiger partial charge in [-0.1, -0.05) is 13.8 Å². The summed E-state index contributed by atoms with van der Waals surface area (Å²) in [4.78, 5) is 49.9. The van der Waals surface area contributed by atoms with Gasteiger partial charge in [0, 0.05) is 6.54 Å². The van der Waals surface area contributed by atoms with E-state index in [4.69, 9.17) is 26.7 Å². The molecule has 1 saturated heterocycles. The van der Waals surface area contributed by atoms with Gasteiger partial charge < -0.3 is 52.0 Å². The number of nitrogens with zero attached hydrogens (tertiary/aromatic N) is 1. The van der Waals surface area contributed by atoms with Crippen LogP contribution in [-0.2, 0) is 28.7 Å². The molecule has 1 aliphatic heterocycles. The molecule has 2 amide bonds. The zero-order valence-electron chi connectivity index (χ0n) is 20.3. The largest absolute Gasteiger partial charge is 0.481 e. The van der Waals surface area contributed by atoms with Crippen molar-refractivity contribution < 1.29 is 49.1 Å². The van der Waals surface area contributed by atoms with Crippen molar-refractivity contribution >= 4 is 23.6 Å². The zero-order valence-corrected chi connectivity index (χ0v) is 20.3. The number of ether oxygens (including phenoxy) is 2. The van der Waals surface area contributed by atoms with Gasteiger partial charge in [0.15, 0.2) is 6.29 Å². The first-order chi connectivity index (χ1) is 16.1. The lowest BCUT2D eigenvalue weighted by molar-refractivity contribution is -0.263. The van der Waals surface area contributed by atoms with Crippen LogP contribution in [0, 0.1) is 11.8 Å². The van der Waals surface area contributed by atoms with Crippen LogP contribution in [0.4, 0.5) is 0 Å². The average Bonchev–Trinajstić information content (AvgIpc) is 2.76. The molecule has 1 rings (SSSR count). The summed E-state index contributed by atoms with van der Waals surface area (Å²) in [6.45, 7) is 4.90. The fourth-order valence-corrected chi connectivity index (χ4v) is 3.77. The number of aliphatic hydroxyl groups is 3. The number of rotatable bonds is 13. The third-order valence-corrected chi connectivity index (χ3v) is 6.00. The number of carboxylic acids is 1. The first-order valence-electron chi connectivity index (χ1n) is 11.3. The third kappa shape index (κ3) is 7.90. The fraction of sp³-hybridized carbons (Fsp3) is 0.810. The topological polar surface area (TPSA) is 249 Å². The monoisotopic (exact) mass is 506 g/mol. The normalized spacial score (nSPS) is 28.1. The highest BCUT2D eigenvalue weighted by Gasteiger charge is 2.45. The number of carboxylic acid groups (broad SMARTS) is 1. The zero-order chi connectivity index (χ0) is 27.2. The van der Waals surface area contributed by atoms with Crippen LogP contribution in [-0.4, -0.2) is 111 Å². The molecule has 10 N–H and O–H groups in total. The second kappa shape index (κ2) is 13.2. The lowest BCUT2D eigenvalue weighted by atomic mass is 9.93. The molecule has 1 heterocycles. The number of hydrogen-bond donors (Lipinski definition) is 7. The standard InChI is InChI=1S/C21H38N4O10/c1-8(2)14(22)19(30)25(12(18(24)29)5-11(10(4)27)20(31)32)6-9(3)34-17-15(23)21(33)35-13(7-26)16(17)28/h8-9,11-17,21,26,28,33H,5-7,22-23H2,1-4H3,(H2,24,29)(H,31,32)/t9?,11?,12-,13+,14-,15+,16+,17+,21-/m0/s1. The molecule has 0 spiro atoms. The minimum absolute atomic E-state index is 0.339. The van der Waals surface area contributed by atoms with Gasteiger partial charge in [0.1, 0.15) is 36.1 Å².